The highest BCUT2D eigenvalue weighted by Gasteiger charge is 2.41. The largest absolute Gasteiger partial charge is 0.391 e. The van der Waals surface area contributed by atoms with Gasteiger partial charge in [-0.1, -0.05) is 27.2 Å². The molecular formula is C37H67N9O9. The molecule has 0 aromatic rings. The number of carbonyl (C=O) groups is 7. The van der Waals surface area contributed by atoms with E-state index in [-0.39, 0.29) is 6.54 Å². The first kappa shape index (κ1) is 47.3. The molecule has 6 atom stereocenters. The number of aliphatic hydroxyl groups excluding tert-OH is 1. The topological polar surface area (TPSA) is 227 Å². The first-order valence-electron chi connectivity index (χ1n) is 19.6. The zero-order chi connectivity index (χ0) is 41.4. The molecule has 55 heavy (non-hydrogen) atoms. The van der Waals surface area contributed by atoms with Crippen LogP contribution in [0.25, 0.3) is 0 Å². The van der Waals surface area contributed by atoms with Crippen molar-refractivity contribution in [3.05, 3.63) is 0 Å². The minimum atomic E-state index is -1.67. The summed E-state index contributed by atoms with van der Waals surface area (Å²) in [5.74, 6) is -5.25. The normalized spacial score (nSPS) is 18.3. The number of nitrogens with two attached hydrogens (primary N) is 1. The van der Waals surface area contributed by atoms with Crippen LogP contribution in [0.5, 0.6) is 0 Å². The van der Waals surface area contributed by atoms with Crippen LogP contribution in [0.1, 0.15) is 73.1 Å². The SMILES string of the molecule is CCCCN(CC(=O)N(C)[C@H](C(=O)N[C@H](C(=O)N1CCCCC1)C(=O)N(C)C(C)C(N)=O)C(C)C)C(=O)[C@@H](NC(=O)[C@H](CCN1CCOCC1)NC)[C@@H](C)O. The first-order chi connectivity index (χ1) is 26.0. The summed E-state index contributed by atoms with van der Waals surface area (Å²) in [6.45, 7) is 12.0. The van der Waals surface area contributed by atoms with Gasteiger partial charge in [0.2, 0.25) is 29.5 Å². The van der Waals surface area contributed by atoms with E-state index in [9.17, 15) is 38.7 Å². The summed E-state index contributed by atoms with van der Waals surface area (Å²) in [6.07, 6.45) is 2.76. The molecule has 0 spiro atoms. The third-order valence-electron chi connectivity index (χ3n) is 10.5. The number of piperidine rings is 1. The highest BCUT2D eigenvalue weighted by molar-refractivity contribution is 6.08. The third kappa shape index (κ3) is 14.0. The summed E-state index contributed by atoms with van der Waals surface area (Å²) in [5.41, 5.74) is 5.43. The standard InChI is InChI=1S/C37H67N9O9/c1-9-10-15-46(36(53)29(26(5)47)40-33(50)27(39-6)14-18-44-19-21-55-22-20-44)23-28(48)43(8)31(24(2)3)34(51)41-30(35(52)42(7)25(4)32(38)49)37(54)45-16-12-11-13-17-45/h24-27,29-31,39,47H,9-23H2,1-8H3,(H2,38,49)(H,40,50)(H,41,51)/t25?,26-,27+,29+,30+,31+/m1/s1. The van der Waals surface area contributed by atoms with Crippen molar-refractivity contribution in [2.24, 2.45) is 11.7 Å². The molecule has 6 N–H and O–H groups in total. The number of likely N-dealkylation sites (N-methyl/N-ethyl adjacent to an activating group) is 3. The molecule has 1 unspecified atom stereocenters. The van der Waals surface area contributed by atoms with Crippen molar-refractivity contribution in [1.82, 2.24) is 40.4 Å². The number of hydrogen-bond donors (Lipinski definition) is 5. The Kier molecular flexibility index (Phi) is 20.0. The number of ether oxygens (including phenoxy) is 1. The van der Waals surface area contributed by atoms with Gasteiger partial charge in [0, 0.05) is 53.4 Å². The Hall–Kier alpha value is -3.87. The van der Waals surface area contributed by atoms with Crippen molar-refractivity contribution < 1.29 is 43.4 Å². The van der Waals surface area contributed by atoms with Gasteiger partial charge in [0.25, 0.3) is 11.8 Å². The maximum Gasteiger partial charge on any atom is 0.255 e. The summed E-state index contributed by atoms with van der Waals surface area (Å²) in [5, 5.41) is 19.0. The molecule has 314 valence electrons. The van der Waals surface area contributed by atoms with Crippen LogP contribution in [-0.4, -0.2) is 187 Å². The predicted molar refractivity (Wildman–Crippen MR) is 205 cm³/mol. The van der Waals surface area contributed by atoms with Crippen LogP contribution in [-0.2, 0) is 38.3 Å². The fourth-order valence-electron chi connectivity index (χ4n) is 6.69. The summed E-state index contributed by atoms with van der Waals surface area (Å²) in [4.78, 5) is 102. The Morgan fingerprint density at radius 1 is 0.855 bits per heavy atom. The molecule has 2 fully saturated rings. The Morgan fingerprint density at radius 3 is 2.00 bits per heavy atom. The van der Waals surface area contributed by atoms with E-state index in [1.807, 2.05) is 6.92 Å². The number of hydrogen-bond acceptors (Lipinski definition) is 11. The van der Waals surface area contributed by atoms with Crippen molar-refractivity contribution in [1.29, 1.82) is 0 Å². The minimum absolute atomic E-state index is 0.143. The second-order valence-corrected chi connectivity index (χ2v) is 15.0. The van der Waals surface area contributed by atoms with Crippen molar-refractivity contribution in [2.75, 3.05) is 80.2 Å². The molecule has 2 aliphatic rings. The first-order valence-corrected chi connectivity index (χ1v) is 19.6. The van der Waals surface area contributed by atoms with Crippen LogP contribution in [0.3, 0.4) is 0 Å². The highest BCUT2D eigenvalue weighted by atomic mass is 16.5. The minimum Gasteiger partial charge on any atom is -0.391 e. The van der Waals surface area contributed by atoms with E-state index in [4.69, 9.17) is 10.5 Å². The lowest BCUT2D eigenvalue weighted by Gasteiger charge is -2.36. The molecule has 0 aliphatic carbocycles. The van der Waals surface area contributed by atoms with Crippen LogP contribution < -0.4 is 21.7 Å². The van der Waals surface area contributed by atoms with Gasteiger partial charge >= 0.3 is 0 Å². The zero-order valence-corrected chi connectivity index (χ0v) is 34.2. The molecule has 0 bridgehead atoms. The Balaban J connectivity index is 2.28. The zero-order valence-electron chi connectivity index (χ0n) is 34.2. The fraction of sp³-hybridized carbons (Fsp3) is 0.811. The molecule has 0 radical (unpaired) electrons. The second kappa shape index (κ2) is 23.3. The van der Waals surface area contributed by atoms with E-state index in [1.165, 1.54) is 42.6 Å². The Bertz CT molecular complexity index is 1300. The van der Waals surface area contributed by atoms with E-state index in [2.05, 4.69) is 20.9 Å². The van der Waals surface area contributed by atoms with Gasteiger partial charge in [-0.15, -0.1) is 0 Å². The van der Waals surface area contributed by atoms with Crippen molar-refractivity contribution in [2.45, 2.75) is 109 Å². The molecule has 2 aliphatic heterocycles. The number of aliphatic hydroxyl groups is 1. The average molecular weight is 782 g/mol. The molecule has 7 amide bonds. The number of unbranched alkanes of at least 4 members (excludes halogenated alkanes) is 1. The van der Waals surface area contributed by atoms with Gasteiger partial charge in [0.1, 0.15) is 18.1 Å². The van der Waals surface area contributed by atoms with Gasteiger partial charge in [-0.3, -0.25) is 38.5 Å². The molecule has 18 nitrogen and oxygen atoms in total. The van der Waals surface area contributed by atoms with Gasteiger partial charge in [0.15, 0.2) is 6.04 Å². The number of primary amides is 1. The third-order valence-corrected chi connectivity index (χ3v) is 10.5. The summed E-state index contributed by atoms with van der Waals surface area (Å²) in [7, 11) is 4.37. The Labute approximate surface area is 326 Å². The maximum absolute atomic E-state index is 14.0. The molecule has 2 heterocycles. The van der Waals surface area contributed by atoms with Gasteiger partial charge in [-0.2, -0.15) is 0 Å². The van der Waals surface area contributed by atoms with Crippen LogP contribution in [0.15, 0.2) is 0 Å². The lowest BCUT2D eigenvalue weighted by Crippen LogP contribution is -2.63. The number of nitrogens with zero attached hydrogens (tertiary/aromatic N) is 5. The number of morpholine rings is 1. The van der Waals surface area contributed by atoms with Gasteiger partial charge < -0.3 is 51.1 Å². The van der Waals surface area contributed by atoms with Crippen LogP contribution in [0, 0.1) is 5.92 Å². The second-order valence-electron chi connectivity index (χ2n) is 15.0. The number of nitrogens with one attached hydrogen (secondary N) is 3. The van der Waals surface area contributed by atoms with Gasteiger partial charge in [-0.25, -0.2) is 0 Å². The molecule has 2 rings (SSSR count). The summed E-state index contributed by atoms with van der Waals surface area (Å²) in [6, 6.07) is -5.90. The smallest absolute Gasteiger partial charge is 0.255 e. The summed E-state index contributed by atoms with van der Waals surface area (Å²) < 4.78 is 5.39. The summed E-state index contributed by atoms with van der Waals surface area (Å²) >= 11 is 0. The molecular weight excluding hydrogens is 714 g/mol. The molecule has 18 heteroatoms. The van der Waals surface area contributed by atoms with Crippen molar-refractivity contribution in [3.8, 4) is 0 Å². The Morgan fingerprint density at radius 2 is 1.47 bits per heavy atom. The fourth-order valence-corrected chi connectivity index (χ4v) is 6.69. The molecule has 2 saturated heterocycles. The van der Waals surface area contributed by atoms with Gasteiger partial charge in [-0.05, 0) is 58.9 Å². The molecule has 0 aromatic heterocycles. The highest BCUT2D eigenvalue weighted by Crippen LogP contribution is 2.16. The predicted octanol–water partition coefficient (Wildman–Crippen LogP) is -1.90. The van der Waals surface area contributed by atoms with E-state index >= 15 is 0 Å². The van der Waals surface area contributed by atoms with E-state index in [1.54, 1.807) is 20.9 Å². The van der Waals surface area contributed by atoms with E-state index in [0.29, 0.717) is 52.1 Å². The number of amides is 7. The number of carbonyl (C=O) groups excluding carboxylic acids is 7. The molecule has 0 aromatic carbocycles. The van der Waals surface area contributed by atoms with Crippen LogP contribution in [0.2, 0.25) is 0 Å². The number of rotatable bonds is 21. The maximum atomic E-state index is 14.0. The quantitative estimate of drug-likeness (QED) is 0.0809. The molecule has 0 saturated carbocycles. The lowest BCUT2D eigenvalue weighted by molar-refractivity contribution is -0.151. The van der Waals surface area contributed by atoms with Crippen molar-refractivity contribution >= 4 is 41.4 Å². The average Bonchev–Trinajstić information content (AvgIpc) is 3.16. The number of likely N-dealkylation sites (tertiary alicyclic amines) is 1. The van der Waals surface area contributed by atoms with E-state index < -0.39 is 90.1 Å². The van der Waals surface area contributed by atoms with E-state index in [0.717, 1.165) is 37.3 Å². The van der Waals surface area contributed by atoms with Crippen LogP contribution >= 0.6 is 0 Å². The monoisotopic (exact) mass is 782 g/mol. The lowest BCUT2D eigenvalue weighted by atomic mass is 10.0. The van der Waals surface area contributed by atoms with Crippen molar-refractivity contribution in [3.63, 3.8) is 0 Å². The van der Waals surface area contributed by atoms with Gasteiger partial charge in [0.05, 0.1) is 31.9 Å². The van der Waals surface area contributed by atoms with Crippen LogP contribution in [0.4, 0.5) is 0 Å².